The first-order valence-electron chi connectivity index (χ1n) is 9.50. The Kier molecular flexibility index (Phi) is 6.22. The van der Waals surface area contributed by atoms with Crippen molar-refractivity contribution in [2.75, 3.05) is 18.1 Å². The van der Waals surface area contributed by atoms with Crippen molar-refractivity contribution in [3.8, 4) is 11.1 Å². The molecule has 0 saturated heterocycles. The number of hydrogen-bond donors (Lipinski definition) is 2. The molecule has 178 valence electrons. The van der Waals surface area contributed by atoms with Crippen LogP contribution in [-0.4, -0.2) is 47.4 Å². The highest BCUT2D eigenvalue weighted by Gasteiger charge is 2.38. The average molecular weight is 512 g/mol. The summed E-state index contributed by atoms with van der Waals surface area (Å²) in [4.78, 5) is 23.7. The fourth-order valence-corrected chi connectivity index (χ4v) is 4.33. The molecule has 4 rings (SSSR count). The normalized spacial score (nSPS) is 12.1. The second-order valence-electron chi connectivity index (χ2n) is 7.03. The number of pyridine rings is 1. The molecular weight excluding hydrogens is 497 g/mol. The van der Waals surface area contributed by atoms with Crippen LogP contribution >= 0.6 is 11.3 Å². The lowest BCUT2D eigenvalue weighted by molar-refractivity contribution is -0.159. The summed E-state index contributed by atoms with van der Waals surface area (Å²) in [6, 6.07) is 6.21. The Morgan fingerprint density at radius 3 is 2.65 bits per heavy atom. The number of rotatable bonds is 6. The maximum absolute atomic E-state index is 12.5. The highest BCUT2D eigenvalue weighted by Crippen LogP contribution is 2.31. The van der Waals surface area contributed by atoms with E-state index in [0.29, 0.717) is 16.2 Å². The SMILES string of the molecule is CS(=O)(=O)c1cncc(-c2ccc3nc(NC(=O)NCCc4noc(C(F)(F)F)n4)sc3c2)c1. The fraction of sp³-hybridized carbons (Fsp3) is 0.211. The van der Waals surface area contributed by atoms with E-state index in [1.807, 2.05) is 0 Å². The van der Waals surface area contributed by atoms with Crippen LogP contribution in [0.25, 0.3) is 21.3 Å². The van der Waals surface area contributed by atoms with Gasteiger partial charge >= 0.3 is 18.1 Å². The molecule has 10 nitrogen and oxygen atoms in total. The number of benzene rings is 1. The highest BCUT2D eigenvalue weighted by molar-refractivity contribution is 7.90. The van der Waals surface area contributed by atoms with Crippen LogP contribution in [-0.2, 0) is 22.4 Å². The molecule has 2 N–H and O–H groups in total. The summed E-state index contributed by atoms with van der Waals surface area (Å²) in [6.45, 7) is -0.0264. The smallest absolute Gasteiger partial charge is 0.337 e. The van der Waals surface area contributed by atoms with E-state index in [-0.39, 0.29) is 23.7 Å². The number of nitrogens with zero attached hydrogens (tertiary/aromatic N) is 4. The van der Waals surface area contributed by atoms with Crippen LogP contribution in [0.1, 0.15) is 11.7 Å². The molecule has 0 aliphatic heterocycles. The molecule has 0 atom stereocenters. The number of anilines is 1. The Labute approximate surface area is 194 Å². The van der Waals surface area contributed by atoms with Crippen molar-refractivity contribution >= 4 is 42.6 Å². The van der Waals surface area contributed by atoms with Crippen LogP contribution in [0.2, 0.25) is 0 Å². The maximum atomic E-state index is 12.5. The van der Waals surface area contributed by atoms with Crippen molar-refractivity contribution in [1.82, 2.24) is 25.4 Å². The van der Waals surface area contributed by atoms with Gasteiger partial charge in [-0.2, -0.15) is 18.2 Å². The highest BCUT2D eigenvalue weighted by atomic mass is 32.2. The van der Waals surface area contributed by atoms with Crippen molar-refractivity contribution in [2.24, 2.45) is 0 Å². The van der Waals surface area contributed by atoms with E-state index in [1.54, 1.807) is 24.4 Å². The van der Waals surface area contributed by atoms with E-state index < -0.39 is 27.9 Å². The van der Waals surface area contributed by atoms with Crippen molar-refractivity contribution in [1.29, 1.82) is 0 Å². The van der Waals surface area contributed by atoms with Crippen molar-refractivity contribution in [2.45, 2.75) is 17.5 Å². The third-order valence-electron chi connectivity index (χ3n) is 4.43. The summed E-state index contributed by atoms with van der Waals surface area (Å²) < 4.78 is 65.8. The van der Waals surface area contributed by atoms with Gasteiger partial charge in [0.25, 0.3) is 0 Å². The van der Waals surface area contributed by atoms with Crippen molar-refractivity contribution in [3.05, 3.63) is 48.4 Å². The number of hydrogen-bond acceptors (Lipinski definition) is 9. The first-order valence-corrected chi connectivity index (χ1v) is 12.2. The second kappa shape index (κ2) is 8.98. The number of amides is 2. The molecule has 0 radical (unpaired) electrons. The van der Waals surface area contributed by atoms with Gasteiger partial charge in [0.2, 0.25) is 0 Å². The predicted molar refractivity (Wildman–Crippen MR) is 116 cm³/mol. The Morgan fingerprint density at radius 1 is 1.15 bits per heavy atom. The van der Waals surface area contributed by atoms with E-state index in [1.165, 1.54) is 23.6 Å². The van der Waals surface area contributed by atoms with Gasteiger partial charge in [-0.25, -0.2) is 18.2 Å². The van der Waals surface area contributed by atoms with E-state index in [2.05, 4.69) is 35.3 Å². The van der Waals surface area contributed by atoms with Crippen LogP contribution in [0.5, 0.6) is 0 Å². The van der Waals surface area contributed by atoms with E-state index in [0.717, 1.165) is 16.5 Å². The topological polar surface area (TPSA) is 140 Å². The lowest BCUT2D eigenvalue weighted by Crippen LogP contribution is -2.30. The first-order chi connectivity index (χ1) is 16.0. The maximum Gasteiger partial charge on any atom is 0.471 e. The Balaban J connectivity index is 1.39. The molecule has 4 aromatic rings. The summed E-state index contributed by atoms with van der Waals surface area (Å²) in [5, 5.41) is 8.55. The van der Waals surface area contributed by atoms with Gasteiger partial charge in [-0.3, -0.25) is 10.3 Å². The predicted octanol–water partition coefficient (Wildman–Crippen LogP) is 3.53. The molecule has 34 heavy (non-hydrogen) atoms. The third-order valence-corrected chi connectivity index (χ3v) is 6.44. The molecule has 0 saturated carbocycles. The van der Waals surface area contributed by atoms with Gasteiger partial charge in [0, 0.05) is 37.2 Å². The number of carbonyl (C=O) groups is 1. The second-order valence-corrected chi connectivity index (χ2v) is 10.1. The van der Waals surface area contributed by atoms with Crippen molar-refractivity contribution < 1.29 is 30.9 Å². The summed E-state index contributed by atoms with van der Waals surface area (Å²) in [5.74, 6) is -1.63. The van der Waals surface area contributed by atoms with Gasteiger partial charge in [0.05, 0.1) is 15.1 Å². The zero-order valence-electron chi connectivity index (χ0n) is 17.3. The number of thiazole rings is 1. The number of halogens is 3. The van der Waals surface area contributed by atoms with Gasteiger partial charge in [0.1, 0.15) is 0 Å². The molecular formula is C19H15F3N6O4S2. The Bertz CT molecular complexity index is 1470. The Hall–Kier alpha value is -3.59. The van der Waals surface area contributed by atoms with Crippen LogP contribution in [0.4, 0.5) is 23.1 Å². The third kappa shape index (κ3) is 5.48. The molecule has 3 aromatic heterocycles. The van der Waals surface area contributed by atoms with Crippen LogP contribution < -0.4 is 10.6 Å². The molecule has 0 bridgehead atoms. The van der Waals surface area contributed by atoms with E-state index >= 15 is 0 Å². The number of urea groups is 1. The van der Waals surface area contributed by atoms with E-state index in [4.69, 9.17) is 0 Å². The molecule has 0 aliphatic carbocycles. The number of aromatic nitrogens is 4. The van der Waals surface area contributed by atoms with Crippen molar-refractivity contribution in [3.63, 3.8) is 0 Å². The standard InChI is InChI=1S/C19H15F3N6O4S2/c1-34(30,31)12-6-11(8-23-9-12)10-2-3-13-14(7-10)33-18(25-13)27-17(29)24-5-4-15-26-16(32-28-15)19(20,21)22/h2-3,6-9H,4-5H2,1H3,(H2,24,25,27,29). The summed E-state index contributed by atoms with van der Waals surface area (Å²) in [5.41, 5.74) is 1.95. The zero-order valence-corrected chi connectivity index (χ0v) is 18.9. The average Bonchev–Trinajstić information content (AvgIpc) is 3.39. The number of nitrogens with one attached hydrogen (secondary N) is 2. The minimum Gasteiger partial charge on any atom is -0.337 e. The van der Waals surface area contributed by atoms with Gasteiger partial charge in [-0.15, -0.1) is 0 Å². The minimum absolute atomic E-state index is 0.0264. The van der Waals surface area contributed by atoms with Gasteiger partial charge in [-0.05, 0) is 23.8 Å². The van der Waals surface area contributed by atoms with Gasteiger partial charge in [0.15, 0.2) is 20.8 Å². The molecule has 0 unspecified atom stereocenters. The number of fused-ring (bicyclic) bond motifs is 1. The largest absolute Gasteiger partial charge is 0.471 e. The molecule has 0 aliphatic rings. The van der Waals surface area contributed by atoms with E-state index in [9.17, 15) is 26.4 Å². The number of alkyl halides is 3. The first kappa shape index (κ1) is 23.6. The van der Waals surface area contributed by atoms with Gasteiger partial charge in [-0.1, -0.05) is 22.6 Å². The lowest BCUT2D eigenvalue weighted by Gasteiger charge is -2.03. The number of sulfone groups is 1. The van der Waals surface area contributed by atoms with Crippen LogP contribution in [0.15, 0.2) is 46.1 Å². The molecule has 0 fully saturated rings. The molecule has 2 amide bonds. The van der Waals surface area contributed by atoms with Crippen LogP contribution in [0, 0.1) is 0 Å². The quantitative estimate of drug-likeness (QED) is 0.400. The number of carbonyl (C=O) groups excluding carboxylic acids is 1. The lowest BCUT2D eigenvalue weighted by atomic mass is 10.1. The molecule has 3 heterocycles. The van der Waals surface area contributed by atoms with Crippen LogP contribution in [0.3, 0.4) is 0 Å². The summed E-state index contributed by atoms with van der Waals surface area (Å²) in [6.07, 6.45) is -0.860. The molecule has 1 aromatic carbocycles. The van der Waals surface area contributed by atoms with Gasteiger partial charge < -0.3 is 9.84 Å². The minimum atomic E-state index is -4.73. The summed E-state index contributed by atoms with van der Waals surface area (Å²) >= 11 is 1.19. The zero-order chi connectivity index (χ0) is 24.5. The Morgan fingerprint density at radius 2 is 1.94 bits per heavy atom. The summed E-state index contributed by atoms with van der Waals surface area (Å²) in [7, 11) is -3.41. The molecule has 15 heteroatoms. The monoisotopic (exact) mass is 512 g/mol. The fourth-order valence-electron chi connectivity index (χ4n) is 2.84. The molecule has 0 spiro atoms.